The van der Waals surface area contributed by atoms with Gasteiger partial charge in [-0.1, -0.05) is 18.2 Å². The lowest BCUT2D eigenvalue weighted by molar-refractivity contribution is -0.138. The Bertz CT molecular complexity index is 580. The molecule has 1 heterocycles. The fourth-order valence-corrected chi connectivity index (χ4v) is 2.59. The van der Waals surface area contributed by atoms with Gasteiger partial charge in [0.2, 0.25) is 0 Å². The van der Waals surface area contributed by atoms with Crippen molar-refractivity contribution < 1.29 is 13.2 Å². The minimum absolute atomic E-state index is 0.193. The molecule has 7 heteroatoms. The van der Waals surface area contributed by atoms with E-state index in [1.54, 1.807) is 13.0 Å². The molecule has 22 heavy (non-hydrogen) atoms. The number of hydrogen-bond acceptors (Lipinski definition) is 4. The van der Waals surface area contributed by atoms with Gasteiger partial charge in [-0.05, 0) is 25.5 Å². The predicted octanol–water partition coefficient (Wildman–Crippen LogP) is 3.98. The van der Waals surface area contributed by atoms with Crippen molar-refractivity contribution in [3.63, 3.8) is 0 Å². The molecule has 1 aliphatic heterocycles. The Balaban J connectivity index is 2.28. The average molecular weight is 312 g/mol. The van der Waals surface area contributed by atoms with E-state index in [1.165, 1.54) is 12.1 Å². The third-order valence-corrected chi connectivity index (χ3v) is 3.74. The number of hydrogen-bond donors (Lipinski definition) is 3. The zero-order valence-electron chi connectivity index (χ0n) is 12.5. The van der Waals surface area contributed by atoms with Gasteiger partial charge in [-0.2, -0.15) is 18.3 Å². The molecular formula is C15H19F3N4. The molecule has 0 amide bonds. The van der Waals surface area contributed by atoms with Crippen LogP contribution in [0.2, 0.25) is 0 Å². The van der Waals surface area contributed by atoms with E-state index in [2.05, 4.69) is 15.7 Å². The molecule has 2 rings (SSSR count). The number of halogens is 3. The highest BCUT2D eigenvalue weighted by molar-refractivity contribution is 5.33. The Morgan fingerprint density at radius 2 is 2.05 bits per heavy atom. The highest BCUT2D eigenvalue weighted by Gasteiger charge is 2.34. The van der Waals surface area contributed by atoms with Crippen LogP contribution in [0, 0.1) is 5.53 Å². The fraction of sp³-hybridized carbons (Fsp3) is 0.467. The topological polar surface area (TPSA) is 60.3 Å². The molecule has 0 aliphatic carbocycles. The SMILES string of the molecule is CC(NC1=C(N=N)CN[C@H](C)C1)c1ccccc1C(F)(F)F. The Hall–Kier alpha value is -1.89. The maximum Gasteiger partial charge on any atom is 0.416 e. The van der Waals surface area contributed by atoms with E-state index < -0.39 is 17.8 Å². The van der Waals surface area contributed by atoms with Gasteiger partial charge >= 0.3 is 6.18 Å². The summed E-state index contributed by atoms with van der Waals surface area (Å²) in [7, 11) is 0. The standard InChI is InChI=1S/C15H19F3N4/c1-9-7-13(14(22-19)8-20-9)21-10(2)11-5-3-4-6-12(11)15(16,17)18/h3-6,9-10,19-21H,7-8H2,1-2H3/t9-,10?/m1/s1. The quantitative estimate of drug-likeness (QED) is 0.736. The van der Waals surface area contributed by atoms with E-state index in [4.69, 9.17) is 5.53 Å². The molecule has 120 valence electrons. The van der Waals surface area contributed by atoms with Crippen molar-refractivity contribution in [3.05, 3.63) is 46.8 Å². The van der Waals surface area contributed by atoms with Gasteiger partial charge in [-0.15, -0.1) is 0 Å². The van der Waals surface area contributed by atoms with E-state index in [0.717, 1.165) is 11.8 Å². The molecule has 2 atom stereocenters. The fourth-order valence-electron chi connectivity index (χ4n) is 2.59. The van der Waals surface area contributed by atoms with Crippen molar-refractivity contribution in [2.24, 2.45) is 5.11 Å². The van der Waals surface area contributed by atoms with Crippen LogP contribution in [0.5, 0.6) is 0 Å². The molecule has 1 aromatic carbocycles. The molecule has 0 spiro atoms. The lowest BCUT2D eigenvalue weighted by atomic mass is 9.99. The van der Waals surface area contributed by atoms with E-state index in [9.17, 15) is 13.2 Å². The van der Waals surface area contributed by atoms with Gasteiger partial charge in [0.15, 0.2) is 0 Å². The third kappa shape index (κ3) is 3.65. The van der Waals surface area contributed by atoms with Gasteiger partial charge < -0.3 is 10.6 Å². The smallest absolute Gasteiger partial charge is 0.380 e. The first-order valence-corrected chi connectivity index (χ1v) is 7.08. The van der Waals surface area contributed by atoms with Crippen molar-refractivity contribution in [1.29, 1.82) is 5.53 Å². The Morgan fingerprint density at radius 3 is 2.68 bits per heavy atom. The summed E-state index contributed by atoms with van der Waals surface area (Å²) in [6.07, 6.45) is -3.78. The first kappa shape index (κ1) is 16.5. The summed E-state index contributed by atoms with van der Waals surface area (Å²) in [5.74, 6) is 0. The van der Waals surface area contributed by atoms with Crippen LogP contribution in [0.25, 0.3) is 0 Å². The van der Waals surface area contributed by atoms with Gasteiger partial charge in [0, 0.05) is 30.7 Å². The molecule has 1 aromatic rings. The van der Waals surface area contributed by atoms with Gasteiger partial charge in [-0.25, -0.2) is 5.53 Å². The molecule has 0 fully saturated rings. The van der Waals surface area contributed by atoms with Crippen LogP contribution in [-0.4, -0.2) is 12.6 Å². The second-order valence-electron chi connectivity index (χ2n) is 5.47. The van der Waals surface area contributed by atoms with Crippen LogP contribution in [-0.2, 0) is 6.18 Å². The normalized spacial score (nSPS) is 20.7. The number of alkyl halides is 3. The summed E-state index contributed by atoms with van der Waals surface area (Å²) in [4.78, 5) is 0. The summed E-state index contributed by atoms with van der Waals surface area (Å²) >= 11 is 0. The number of nitrogens with one attached hydrogen (secondary N) is 3. The lowest BCUT2D eigenvalue weighted by Crippen LogP contribution is -2.37. The van der Waals surface area contributed by atoms with Crippen molar-refractivity contribution in [2.75, 3.05) is 6.54 Å². The second kappa shape index (κ2) is 6.48. The molecule has 3 N–H and O–H groups in total. The summed E-state index contributed by atoms with van der Waals surface area (Å²) in [5.41, 5.74) is 8.01. The first-order chi connectivity index (χ1) is 10.3. The monoisotopic (exact) mass is 312 g/mol. The molecule has 0 aromatic heterocycles. The molecule has 0 saturated carbocycles. The van der Waals surface area contributed by atoms with Crippen LogP contribution >= 0.6 is 0 Å². The third-order valence-electron chi connectivity index (χ3n) is 3.74. The van der Waals surface area contributed by atoms with Crippen LogP contribution in [0.15, 0.2) is 40.8 Å². The second-order valence-corrected chi connectivity index (χ2v) is 5.47. The van der Waals surface area contributed by atoms with Crippen LogP contribution in [0.1, 0.15) is 37.4 Å². The summed E-state index contributed by atoms with van der Waals surface area (Å²) in [6.45, 7) is 4.11. The molecule has 0 saturated heterocycles. The van der Waals surface area contributed by atoms with Crippen molar-refractivity contribution in [3.8, 4) is 0 Å². The van der Waals surface area contributed by atoms with E-state index in [0.29, 0.717) is 18.7 Å². The average Bonchev–Trinajstić information content (AvgIpc) is 2.46. The Morgan fingerprint density at radius 1 is 1.36 bits per heavy atom. The summed E-state index contributed by atoms with van der Waals surface area (Å²) < 4.78 is 39.3. The Labute approximate surface area is 127 Å². The van der Waals surface area contributed by atoms with E-state index in [-0.39, 0.29) is 11.6 Å². The highest BCUT2D eigenvalue weighted by Crippen LogP contribution is 2.35. The summed E-state index contributed by atoms with van der Waals surface area (Å²) in [5, 5.41) is 9.74. The van der Waals surface area contributed by atoms with Crippen molar-refractivity contribution in [2.45, 2.75) is 38.5 Å². The van der Waals surface area contributed by atoms with Crippen LogP contribution in [0.4, 0.5) is 13.2 Å². The van der Waals surface area contributed by atoms with Gasteiger partial charge in [-0.3, -0.25) is 0 Å². The van der Waals surface area contributed by atoms with Crippen LogP contribution < -0.4 is 10.6 Å². The molecule has 4 nitrogen and oxygen atoms in total. The maximum atomic E-state index is 13.1. The van der Waals surface area contributed by atoms with E-state index >= 15 is 0 Å². The van der Waals surface area contributed by atoms with Crippen molar-refractivity contribution in [1.82, 2.24) is 10.6 Å². The van der Waals surface area contributed by atoms with E-state index in [1.807, 2.05) is 6.92 Å². The van der Waals surface area contributed by atoms with Crippen LogP contribution in [0.3, 0.4) is 0 Å². The minimum atomic E-state index is -4.38. The van der Waals surface area contributed by atoms with Gasteiger partial charge in [0.25, 0.3) is 0 Å². The number of benzene rings is 1. The largest absolute Gasteiger partial charge is 0.416 e. The highest BCUT2D eigenvalue weighted by atomic mass is 19.4. The lowest BCUT2D eigenvalue weighted by Gasteiger charge is -2.28. The first-order valence-electron chi connectivity index (χ1n) is 7.08. The zero-order chi connectivity index (χ0) is 16.3. The predicted molar refractivity (Wildman–Crippen MR) is 77.3 cm³/mol. The van der Waals surface area contributed by atoms with Gasteiger partial charge in [0.1, 0.15) is 0 Å². The molecule has 1 aliphatic rings. The van der Waals surface area contributed by atoms with Gasteiger partial charge in [0.05, 0.1) is 11.3 Å². The zero-order valence-corrected chi connectivity index (χ0v) is 12.5. The molecule has 0 radical (unpaired) electrons. The minimum Gasteiger partial charge on any atom is -0.380 e. The van der Waals surface area contributed by atoms with Crippen molar-refractivity contribution >= 4 is 0 Å². The number of rotatable bonds is 4. The number of nitrogens with zero attached hydrogens (tertiary/aromatic N) is 1. The molecular weight excluding hydrogens is 293 g/mol. The maximum absolute atomic E-state index is 13.1. The summed E-state index contributed by atoms with van der Waals surface area (Å²) in [6, 6.07) is 5.21. The molecule has 0 bridgehead atoms. The Kier molecular flexibility index (Phi) is 4.85. The molecule has 1 unspecified atom stereocenters.